The number of aromatic nitrogens is 2. The van der Waals surface area contributed by atoms with Crippen LogP contribution in [0.4, 0.5) is 0 Å². The molecule has 1 heterocycles. The predicted octanol–water partition coefficient (Wildman–Crippen LogP) is 1.22. The van der Waals surface area contributed by atoms with Gasteiger partial charge in [0.25, 0.3) is 5.56 Å². The van der Waals surface area contributed by atoms with E-state index in [1.807, 2.05) is 13.8 Å². The molecule has 2 aromatic rings. The molecular formula is C14H19N3O3. The lowest BCUT2D eigenvalue weighted by atomic mass is 10.2. The second-order valence-corrected chi connectivity index (χ2v) is 4.23. The van der Waals surface area contributed by atoms with Crippen molar-refractivity contribution in [2.45, 2.75) is 20.3 Å². The lowest BCUT2D eigenvalue weighted by Gasteiger charge is -2.12. The lowest BCUT2D eigenvalue weighted by Crippen LogP contribution is -2.15. The third-order valence-corrected chi connectivity index (χ3v) is 2.80. The summed E-state index contributed by atoms with van der Waals surface area (Å²) in [5.74, 6) is 1.73. The van der Waals surface area contributed by atoms with Crippen LogP contribution in [0.25, 0.3) is 10.9 Å². The van der Waals surface area contributed by atoms with Crippen LogP contribution in [0.5, 0.6) is 11.5 Å². The third kappa shape index (κ3) is 2.91. The Bertz CT molecular complexity index is 652. The number of hydrogen-bond acceptors (Lipinski definition) is 5. The minimum atomic E-state index is -0.192. The lowest BCUT2D eigenvalue weighted by molar-refractivity contribution is 0.288. The second-order valence-electron chi connectivity index (χ2n) is 4.23. The first-order chi connectivity index (χ1) is 9.69. The van der Waals surface area contributed by atoms with Gasteiger partial charge in [0.15, 0.2) is 11.5 Å². The molecule has 0 radical (unpaired) electrons. The first-order valence-electron chi connectivity index (χ1n) is 6.72. The van der Waals surface area contributed by atoms with Crippen molar-refractivity contribution in [2.75, 3.05) is 19.8 Å². The summed E-state index contributed by atoms with van der Waals surface area (Å²) in [6.45, 7) is 5.23. The highest BCUT2D eigenvalue weighted by Crippen LogP contribution is 2.30. The number of aromatic amines is 1. The van der Waals surface area contributed by atoms with Gasteiger partial charge in [0.05, 0.1) is 24.1 Å². The number of rotatable bonds is 6. The molecule has 0 bridgehead atoms. The van der Waals surface area contributed by atoms with Crippen LogP contribution in [-0.4, -0.2) is 29.7 Å². The van der Waals surface area contributed by atoms with Crippen molar-refractivity contribution in [1.82, 2.24) is 9.97 Å². The Morgan fingerprint density at radius 1 is 1.20 bits per heavy atom. The molecule has 0 amide bonds. The maximum atomic E-state index is 12.1. The fourth-order valence-corrected chi connectivity index (χ4v) is 1.99. The number of nitrogens with zero attached hydrogens (tertiary/aromatic N) is 1. The first kappa shape index (κ1) is 14.3. The summed E-state index contributed by atoms with van der Waals surface area (Å²) in [7, 11) is 0. The predicted molar refractivity (Wildman–Crippen MR) is 77.5 cm³/mol. The SMILES string of the molecule is CCOc1cc2nc(CCN)[nH]c(=O)c2cc1OCC. The Kier molecular flexibility index (Phi) is 4.57. The fraction of sp³-hybridized carbons (Fsp3) is 0.429. The van der Waals surface area contributed by atoms with Gasteiger partial charge in [-0.2, -0.15) is 0 Å². The van der Waals surface area contributed by atoms with Gasteiger partial charge in [0.2, 0.25) is 0 Å². The van der Waals surface area contributed by atoms with Crippen molar-refractivity contribution in [3.63, 3.8) is 0 Å². The van der Waals surface area contributed by atoms with Gasteiger partial charge in [-0.25, -0.2) is 4.98 Å². The molecule has 1 aromatic heterocycles. The number of nitrogens with one attached hydrogen (secondary N) is 1. The third-order valence-electron chi connectivity index (χ3n) is 2.80. The summed E-state index contributed by atoms with van der Waals surface area (Å²) in [6, 6.07) is 3.40. The second kappa shape index (κ2) is 6.38. The number of ether oxygens (including phenoxy) is 2. The van der Waals surface area contributed by atoms with Gasteiger partial charge in [0, 0.05) is 12.5 Å². The van der Waals surface area contributed by atoms with Crippen molar-refractivity contribution in [3.05, 3.63) is 28.3 Å². The zero-order valence-corrected chi connectivity index (χ0v) is 11.7. The van der Waals surface area contributed by atoms with E-state index in [-0.39, 0.29) is 5.56 Å². The largest absolute Gasteiger partial charge is 0.490 e. The Hall–Kier alpha value is -2.08. The molecule has 0 aliphatic rings. The summed E-state index contributed by atoms with van der Waals surface area (Å²) >= 11 is 0. The van der Waals surface area contributed by atoms with Crippen LogP contribution in [-0.2, 0) is 6.42 Å². The molecule has 3 N–H and O–H groups in total. The number of H-pyrrole nitrogens is 1. The number of hydrogen-bond donors (Lipinski definition) is 2. The molecule has 0 spiro atoms. The summed E-state index contributed by atoms with van der Waals surface area (Å²) in [6.07, 6.45) is 0.530. The number of benzene rings is 1. The van der Waals surface area contributed by atoms with Crippen LogP contribution in [0, 0.1) is 0 Å². The summed E-state index contributed by atoms with van der Waals surface area (Å²) in [5.41, 5.74) is 5.88. The fourth-order valence-electron chi connectivity index (χ4n) is 1.99. The van der Waals surface area contributed by atoms with E-state index in [0.717, 1.165) is 0 Å². The normalized spacial score (nSPS) is 10.8. The van der Waals surface area contributed by atoms with Gasteiger partial charge in [-0.1, -0.05) is 0 Å². The number of nitrogens with two attached hydrogens (primary N) is 1. The minimum absolute atomic E-state index is 0.192. The average molecular weight is 277 g/mol. The van der Waals surface area contributed by atoms with Gasteiger partial charge >= 0.3 is 0 Å². The van der Waals surface area contributed by atoms with Crippen LogP contribution in [0.3, 0.4) is 0 Å². The molecule has 20 heavy (non-hydrogen) atoms. The van der Waals surface area contributed by atoms with E-state index in [2.05, 4.69) is 9.97 Å². The summed E-state index contributed by atoms with van der Waals surface area (Å²) in [4.78, 5) is 19.2. The monoisotopic (exact) mass is 277 g/mol. The molecule has 0 saturated carbocycles. The highest BCUT2D eigenvalue weighted by Gasteiger charge is 2.11. The average Bonchev–Trinajstić information content (AvgIpc) is 2.41. The van der Waals surface area contributed by atoms with Crippen molar-refractivity contribution >= 4 is 10.9 Å². The van der Waals surface area contributed by atoms with Crippen LogP contribution < -0.4 is 20.8 Å². The molecule has 0 unspecified atom stereocenters. The molecule has 0 saturated heterocycles. The van der Waals surface area contributed by atoms with E-state index in [0.29, 0.717) is 54.4 Å². The molecule has 6 heteroatoms. The standard InChI is InChI=1S/C14H19N3O3/c1-3-19-11-7-9-10(8-12(11)20-4-2)16-13(5-6-15)17-14(9)18/h7-8H,3-6,15H2,1-2H3,(H,16,17,18). The van der Waals surface area contributed by atoms with Gasteiger partial charge < -0.3 is 20.2 Å². The highest BCUT2D eigenvalue weighted by atomic mass is 16.5. The molecule has 6 nitrogen and oxygen atoms in total. The van der Waals surface area contributed by atoms with E-state index in [9.17, 15) is 4.79 Å². The van der Waals surface area contributed by atoms with E-state index < -0.39 is 0 Å². The zero-order chi connectivity index (χ0) is 14.5. The molecule has 0 atom stereocenters. The van der Waals surface area contributed by atoms with Crippen LogP contribution in [0.15, 0.2) is 16.9 Å². The maximum absolute atomic E-state index is 12.1. The van der Waals surface area contributed by atoms with Crippen molar-refractivity contribution in [2.24, 2.45) is 5.73 Å². The van der Waals surface area contributed by atoms with Crippen LogP contribution >= 0.6 is 0 Å². The quantitative estimate of drug-likeness (QED) is 0.828. The van der Waals surface area contributed by atoms with Crippen molar-refractivity contribution < 1.29 is 9.47 Å². The van der Waals surface area contributed by atoms with E-state index >= 15 is 0 Å². The smallest absolute Gasteiger partial charge is 0.258 e. The van der Waals surface area contributed by atoms with Gasteiger partial charge in [-0.3, -0.25) is 4.79 Å². The molecule has 0 aliphatic heterocycles. The molecule has 2 rings (SSSR count). The maximum Gasteiger partial charge on any atom is 0.258 e. The zero-order valence-electron chi connectivity index (χ0n) is 11.7. The van der Waals surface area contributed by atoms with E-state index in [4.69, 9.17) is 15.2 Å². The van der Waals surface area contributed by atoms with Crippen molar-refractivity contribution in [1.29, 1.82) is 0 Å². The molecule has 1 aromatic carbocycles. The van der Waals surface area contributed by atoms with Crippen molar-refractivity contribution in [3.8, 4) is 11.5 Å². The molecule has 0 aliphatic carbocycles. The first-order valence-corrected chi connectivity index (χ1v) is 6.72. The van der Waals surface area contributed by atoms with Gasteiger partial charge in [0.1, 0.15) is 5.82 Å². The summed E-state index contributed by atoms with van der Waals surface area (Å²) < 4.78 is 11.0. The van der Waals surface area contributed by atoms with Crippen LogP contribution in [0.1, 0.15) is 19.7 Å². The Morgan fingerprint density at radius 2 is 1.85 bits per heavy atom. The van der Waals surface area contributed by atoms with Crippen LogP contribution in [0.2, 0.25) is 0 Å². The topological polar surface area (TPSA) is 90.2 Å². The Balaban J connectivity index is 2.60. The van der Waals surface area contributed by atoms with E-state index in [1.54, 1.807) is 12.1 Å². The van der Waals surface area contributed by atoms with Gasteiger partial charge in [-0.05, 0) is 26.5 Å². The summed E-state index contributed by atoms with van der Waals surface area (Å²) in [5, 5.41) is 0.484. The van der Waals surface area contributed by atoms with Gasteiger partial charge in [-0.15, -0.1) is 0 Å². The Labute approximate surface area is 116 Å². The molecule has 0 fully saturated rings. The molecular weight excluding hydrogens is 258 g/mol. The van der Waals surface area contributed by atoms with E-state index in [1.165, 1.54) is 0 Å². The molecule has 108 valence electrons. The number of fused-ring (bicyclic) bond motifs is 1. The minimum Gasteiger partial charge on any atom is -0.490 e. The highest BCUT2D eigenvalue weighted by molar-refractivity contribution is 5.81. The Morgan fingerprint density at radius 3 is 2.45 bits per heavy atom.